The van der Waals surface area contributed by atoms with Gasteiger partial charge in [0.2, 0.25) is 0 Å². The lowest BCUT2D eigenvalue weighted by atomic mass is 10.1. The number of carbonyl (C=O) groups is 1. The van der Waals surface area contributed by atoms with E-state index >= 15 is 0 Å². The van der Waals surface area contributed by atoms with Crippen molar-refractivity contribution in [2.24, 2.45) is 0 Å². The van der Waals surface area contributed by atoms with Gasteiger partial charge in [0, 0.05) is 12.3 Å². The standard InChI is InChI=1S/C12H15ClO2/c1-3-11(14)10-6-5-9(8-13)7-12(10)15-4-2/h5-7H,3-4,8H2,1-2H3. The van der Waals surface area contributed by atoms with Crippen LogP contribution in [0.5, 0.6) is 5.75 Å². The summed E-state index contributed by atoms with van der Waals surface area (Å²) in [5.74, 6) is 1.17. The van der Waals surface area contributed by atoms with Crippen molar-refractivity contribution in [3.05, 3.63) is 29.3 Å². The molecule has 0 amide bonds. The molecule has 0 aromatic heterocycles. The van der Waals surface area contributed by atoms with E-state index in [9.17, 15) is 4.79 Å². The molecule has 0 saturated carbocycles. The Hall–Kier alpha value is -1.02. The molecule has 0 bridgehead atoms. The van der Waals surface area contributed by atoms with Crippen molar-refractivity contribution >= 4 is 17.4 Å². The summed E-state index contributed by atoms with van der Waals surface area (Å²) in [7, 11) is 0. The Bertz CT molecular complexity index is 347. The highest BCUT2D eigenvalue weighted by Crippen LogP contribution is 2.23. The van der Waals surface area contributed by atoms with Crippen molar-refractivity contribution in [3.8, 4) is 5.75 Å². The summed E-state index contributed by atoms with van der Waals surface area (Å²) in [4.78, 5) is 11.6. The summed E-state index contributed by atoms with van der Waals surface area (Å²) in [5.41, 5.74) is 1.61. The first-order chi connectivity index (χ1) is 7.22. The summed E-state index contributed by atoms with van der Waals surface area (Å²) >= 11 is 5.72. The highest BCUT2D eigenvalue weighted by atomic mass is 35.5. The number of benzene rings is 1. The van der Waals surface area contributed by atoms with Gasteiger partial charge < -0.3 is 4.74 Å². The van der Waals surface area contributed by atoms with Crippen LogP contribution in [0.3, 0.4) is 0 Å². The Morgan fingerprint density at radius 3 is 2.67 bits per heavy atom. The Morgan fingerprint density at radius 1 is 1.40 bits per heavy atom. The van der Waals surface area contributed by atoms with Crippen molar-refractivity contribution in [3.63, 3.8) is 0 Å². The van der Waals surface area contributed by atoms with Crippen LogP contribution in [0.25, 0.3) is 0 Å². The maximum absolute atomic E-state index is 11.6. The molecule has 1 rings (SSSR count). The van der Waals surface area contributed by atoms with Gasteiger partial charge in [-0.15, -0.1) is 11.6 Å². The lowest BCUT2D eigenvalue weighted by molar-refractivity contribution is 0.0984. The van der Waals surface area contributed by atoms with E-state index in [-0.39, 0.29) is 5.78 Å². The molecule has 1 aromatic rings. The molecule has 0 unspecified atom stereocenters. The molecule has 0 saturated heterocycles. The first-order valence-electron chi connectivity index (χ1n) is 5.07. The van der Waals surface area contributed by atoms with Gasteiger partial charge in [-0.05, 0) is 24.6 Å². The fourth-order valence-corrected chi connectivity index (χ4v) is 1.51. The summed E-state index contributed by atoms with van der Waals surface area (Å²) in [6.45, 7) is 4.29. The van der Waals surface area contributed by atoms with Crippen molar-refractivity contribution in [2.75, 3.05) is 6.61 Å². The van der Waals surface area contributed by atoms with Crippen molar-refractivity contribution in [1.82, 2.24) is 0 Å². The lowest BCUT2D eigenvalue weighted by Gasteiger charge is -2.09. The SMILES string of the molecule is CCOc1cc(CCl)ccc1C(=O)CC. The number of Topliss-reactive ketones (excluding diaryl/α,β-unsaturated/α-hetero) is 1. The molecule has 0 aliphatic rings. The molecule has 3 heteroatoms. The van der Waals surface area contributed by atoms with Crippen molar-refractivity contribution in [2.45, 2.75) is 26.1 Å². The van der Waals surface area contributed by atoms with Crippen molar-refractivity contribution in [1.29, 1.82) is 0 Å². The molecule has 15 heavy (non-hydrogen) atoms. The number of hydrogen-bond donors (Lipinski definition) is 0. The van der Waals surface area contributed by atoms with Crippen LogP contribution in [0.15, 0.2) is 18.2 Å². The summed E-state index contributed by atoms with van der Waals surface area (Å²) in [6, 6.07) is 5.48. The number of ketones is 1. The van der Waals surface area contributed by atoms with Gasteiger partial charge >= 0.3 is 0 Å². The minimum Gasteiger partial charge on any atom is -0.493 e. The zero-order valence-electron chi connectivity index (χ0n) is 9.05. The van der Waals surface area contributed by atoms with Gasteiger partial charge in [0.1, 0.15) is 5.75 Å². The van der Waals surface area contributed by atoms with Crippen molar-refractivity contribution < 1.29 is 9.53 Å². The average Bonchev–Trinajstić information content (AvgIpc) is 2.28. The average molecular weight is 227 g/mol. The van der Waals surface area contributed by atoms with Crippen LogP contribution in [0.4, 0.5) is 0 Å². The second kappa shape index (κ2) is 5.76. The Labute approximate surface area is 95.2 Å². The molecule has 2 nitrogen and oxygen atoms in total. The third-order valence-electron chi connectivity index (χ3n) is 2.12. The summed E-state index contributed by atoms with van der Waals surface area (Å²) in [5, 5.41) is 0. The molecule has 0 spiro atoms. The van der Waals surface area contributed by atoms with E-state index in [0.29, 0.717) is 30.2 Å². The van der Waals surface area contributed by atoms with E-state index in [4.69, 9.17) is 16.3 Å². The minimum atomic E-state index is 0.0968. The van der Waals surface area contributed by atoms with E-state index in [1.54, 1.807) is 6.07 Å². The second-order valence-corrected chi connectivity index (χ2v) is 3.44. The minimum absolute atomic E-state index is 0.0968. The number of halogens is 1. The highest BCUT2D eigenvalue weighted by molar-refractivity contribution is 6.17. The number of rotatable bonds is 5. The van der Waals surface area contributed by atoms with Gasteiger partial charge in [0.15, 0.2) is 5.78 Å². The van der Waals surface area contributed by atoms with Gasteiger partial charge in [-0.1, -0.05) is 13.0 Å². The zero-order chi connectivity index (χ0) is 11.3. The molecular formula is C12H15ClO2. The smallest absolute Gasteiger partial charge is 0.166 e. The topological polar surface area (TPSA) is 26.3 Å². The molecule has 1 aromatic carbocycles. The molecule has 0 radical (unpaired) electrons. The summed E-state index contributed by atoms with van der Waals surface area (Å²) in [6.07, 6.45) is 0.486. The number of hydrogen-bond acceptors (Lipinski definition) is 2. The third-order valence-corrected chi connectivity index (χ3v) is 2.43. The molecule has 0 heterocycles. The van der Waals surface area contributed by atoms with Gasteiger partial charge in [0.05, 0.1) is 12.2 Å². The maximum atomic E-state index is 11.6. The van der Waals surface area contributed by atoms with E-state index < -0.39 is 0 Å². The van der Waals surface area contributed by atoms with Crippen LogP contribution in [-0.4, -0.2) is 12.4 Å². The third kappa shape index (κ3) is 2.96. The largest absolute Gasteiger partial charge is 0.493 e. The van der Waals surface area contributed by atoms with Gasteiger partial charge in [-0.25, -0.2) is 0 Å². The molecule has 0 aliphatic carbocycles. The number of ether oxygens (including phenoxy) is 1. The van der Waals surface area contributed by atoms with Crippen LogP contribution in [0.2, 0.25) is 0 Å². The highest BCUT2D eigenvalue weighted by Gasteiger charge is 2.10. The Kier molecular flexibility index (Phi) is 4.63. The fourth-order valence-electron chi connectivity index (χ4n) is 1.35. The number of alkyl halides is 1. The summed E-state index contributed by atoms with van der Waals surface area (Å²) < 4.78 is 5.42. The van der Waals surface area contributed by atoms with Gasteiger partial charge in [0.25, 0.3) is 0 Å². The second-order valence-electron chi connectivity index (χ2n) is 3.17. The molecule has 0 atom stereocenters. The van der Waals surface area contributed by atoms with Crippen LogP contribution in [0.1, 0.15) is 36.2 Å². The monoisotopic (exact) mass is 226 g/mol. The molecule has 0 fully saturated rings. The Morgan fingerprint density at radius 2 is 2.13 bits per heavy atom. The van der Waals surface area contributed by atoms with Gasteiger partial charge in [-0.3, -0.25) is 4.79 Å². The first-order valence-corrected chi connectivity index (χ1v) is 5.61. The van der Waals surface area contributed by atoms with Gasteiger partial charge in [-0.2, -0.15) is 0 Å². The van der Waals surface area contributed by atoms with E-state index in [1.165, 1.54) is 0 Å². The molecule has 0 N–H and O–H groups in total. The first kappa shape index (κ1) is 12.1. The fraction of sp³-hybridized carbons (Fsp3) is 0.417. The quantitative estimate of drug-likeness (QED) is 0.568. The molecular weight excluding hydrogens is 212 g/mol. The lowest BCUT2D eigenvalue weighted by Crippen LogP contribution is -2.03. The van der Waals surface area contributed by atoms with E-state index in [1.807, 2.05) is 26.0 Å². The molecule has 82 valence electrons. The zero-order valence-corrected chi connectivity index (χ0v) is 9.80. The molecule has 0 aliphatic heterocycles. The van der Waals surface area contributed by atoms with E-state index in [2.05, 4.69) is 0 Å². The predicted octanol–water partition coefficient (Wildman–Crippen LogP) is 3.42. The normalized spacial score (nSPS) is 10.1. The van der Waals surface area contributed by atoms with E-state index in [0.717, 1.165) is 5.56 Å². The maximum Gasteiger partial charge on any atom is 0.166 e. The number of carbonyl (C=O) groups excluding carboxylic acids is 1. The predicted molar refractivity (Wildman–Crippen MR) is 61.8 cm³/mol. The Balaban J connectivity index is 3.08. The van der Waals surface area contributed by atoms with Crippen LogP contribution in [0, 0.1) is 0 Å². The van der Waals surface area contributed by atoms with Crippen LogP contribution >= 0.6 is 11.6 Å². The van der Waals surface area contributed by atoms with Crippen LogP contribution in [-0.2, 0) is 5.88 Å². The van der Waals surface area contributed by atoms with Crippen LogP contribution < -0.4 is 4.74 Å².